The molecule has 30 heavy (non-hydrogen) atoms. The van der Waals surface area contributed by atoms with E-state index < -0.39 is 30.7 Å². The SMILES string of the molecule is Cc1nc(-c2cccc(C(=O)N[C@@H](Cc3cccc(C(=O)O)c3O)B(O)O)c2)no1. The van der Waals surface area contributed by atoms with E-state index in [2.05, 4.69) is 15.5 Å². The van der Waals surface area contributed by atoms with E-state index in [1.165, 1.54) is 30.3 Å². The second-order valence-electron chi connectivity index (χ2n) is 6.53. The highest BCUT2D eigenvalue weighted by Gasteiger charge is 2.28. The minimum atomic E-state index is -1.95. The number of aryl methyl sites for hydroxylation is 1. The van der Waals surface area contributed by atoms with Crippen molar-refractivity contribution in [3.8, 4) is 17.1 Å². The molecule has 2 aromatic carbocycles. The lowest BCUT2D eigenvalue weighted by atomic mass is 9.75. The molecule has 1 amide bonds. The lowest BCUT2D eigenvalue weighted by molar-refractivity contribution is 0.0693. The number of para-hydroxylation sites is 1. The summed E-state index contributed by atoms with van der Waals surface area (Å²) in [6, 6.07) is 10.4. The monoisotopic (exact) mass is 411 g/mol. The summed E-state index contributed by atoms with van der Waals surface area (Å²) in [5, 5.41) is 44.9. The van der Waals surface area contributed by atoms with E-state index in [4.69, 9.17) is 9.63 Å². The number of aromatic nitrogens is 2. The van der Waals surface area contributed by atoms with Crippen molar-refractivity contribution in [2.75, 3.05) is 0 Å². The van der Waals surface area contributed by atoms with Crippen LogP contribution < -0.4 is 5.32 Å². The number of carbonyl (C=O) groups excluding carboxylic acids is 1. The van der Waals surface area contributed by atoms with Crippen molar-refractivity contribution in [1.29, 1.82) is 0 Å². The van der Waals surface area contributed by atoms with Crippen molar-refractivity contribution < 1.29 is 34.4 Å². The van der Waals surface area contributed by atoms with E-state index in [0.29, 0.717) is 17.3 Å². The third kappa shape index (κ3) is 4.65. The van der Waals surface area contributed by atoms with Crippen molar-refractivity contribution in [1.82, 2.24) is 15.5 Å². The van der Waals surface area contributed by atoms with Crippen LogP contribution in [0, 0.1) is 6.92 Å². The molecule has 154 valence electrons. The van der Waals surface area contributed by atoms with E-state index in [1.54, 1.807) is 19.1 Å². The molecular formula is C19H18BN3O7. The Morgan fingerprint density at radius 1 is 1.20 bits per heavy atom. The number of carboxylic acids is 1. The van der Waals surface area contributed by atoms with Gasteiger partial charge in [-0.25, -0.2) is 4.79 Å². The third-order valence-electron chi connectivity index (χ3n) is 4.38. The van der Waals surface area contributed by atoms with E-state index >= 15 is 0 Å². The van der Waals surface area contributed by atoms with Gasteiger partial charge in [0.15, 0.2) is 0 Å². The molecule has 0 spiro atoms. The minimum absolute atomic E-state index is 0.143. The maximum absolute atomic E-state index is 12.6. The van der Waals surface area contributed by atoms with E-state index in [-0.39, 0.29) is 23.1 Å². The van der Waals surface area contributed by atoms with Crippen LogP contribution in [-0.2, 0) is 6.42 Å². The van der Waals surface area contributed by atoms with Gasteiger partial charge in [0, 0.05) is 18.1 Å². The molecule has 5 N–H and O–H groups in total. The molecule has 10 nitrogen and oxygen atoms in total. The van der Waals surface area contributed by atoms with Crippen LogP contribution in [0.1, 0.15) is 32.2 Å². The Morgan fingerprint density at radius 3 is 2.57 bits per heavy atom. The number of amides is 1. The van der Waals surface area contributed by atoms with Gasteiger partial charge in [-0.15, -0.1) is 0 Å². The molecule has 11 heteroatoms. The zero-order valence-electron chi connectivity index (χ0n) is 15.8. The van der Waals surface area contributed by atoms with Gasteiger partial charge in [-0.1, -0.05) is 29.4 Å². The molecule has 0 fully saturated rings. The summed E-state index contributed by atoms with van der Waals surface area (Å²) >= 11 is 0. The number of phenols is 1. The first-order chi connectivity index (χ1) is 14.3. The molecule has 1 atom stereocenters. The number of carboxylic acid groups (broad SMARTS) is 1. The maximum Gasteiger partial charge on any atom is 0.475 e. The van der Waals surface area contributed by atoms with Crippen LogP contribution in [0.15, 0.2) is 47.0 Å². The van der Waals surface area contributed by atoms with Crippen LogP contribution in [0.25, 0.3) is 11.4 Å². The number of hydrogen-bond donors (Lipinski definition) is 5. The van der Waals surface area contributed by atoms with Crippen LogP contribution in [0.2, 0.25) is 0 Å². The number of hydrogen-bond acceptors (Lipinski definition) is 8. The molecule has 0 bridgehead atoms. The second-order valence-corrected chi connectivity index (χ2v) is 6.53. The second kappa shape index (κ2) is 8.76. The van der Waals surface area contributed by atoms with E-state index in [0.717, 1.165) is 0 Å². The fourth-order valence-corrected chi connectivity index (χ4v) is 2.86. The van der Waals surface area contributed by atoms with Crippen molar-refractivity contribution in [2.45, 2.75) is 19.3 Å². The summed E-state index contributed by atoms with van der Waals surface area (Å²) in [5.74, 6) is -2.97. The molecule has 0 radical (unpaired) electrons. The van der Waals surface area contributed by atoms with Crippen molar-refractivity contribution >= 4 is 19.0 Å². The minimum Gasteiger partial charge on any atom is -0.507 e. The standard InChI is InChI=1S/C19H18BN3O7/c1-10-21-17(23-30-10)12-5-2-6-13(8-12)18(25)22-15(20(28)29)9-11-4-3-7-14(16(11)24)19(26)27/h2-8,15,24,28-29H,9H2,1H3,(H,22,25)(H,26,27)/t15-/m0/s1. The average molecular weight is 411 g/mol. The quantitative estimate of drug-likeness (QED) is 0.354. The summed E-state index contributed by atoms with van der Waals surface area (Å²) in [4.78, 5) is 27.9. The summed E-state index contributed by atoms with van der Waals surface area (Å²) < 4.78 is 4.93. The van der Waals surface area contributed by atoms with Crippen LogP contribution in [0.4, 0.5) is 0 Å². The van der Waals surface area contributed by atoms with Gasteiger partial charge in [-0.3, -0.25) is 4.79 Å². The largest absolute Gasteiger partial charge is 0.507 e. The Balaban J connectivity index is 1.80. The Hall–Kier alpha value is -3.70. The number of nitrogens with one attached hydrogen (secondary N) is 1. The topological polar surface area (TPSA) is 166 Å². The van der Waals surface area contributed by atoms with Gasteiger partial charge in [-0.05, 0) is 30.2 Å². The van der Waals surface area contributed by atoms with E-state index in [9.17, 15) is 24.7 Å². The molecule has 0 aliphatic rings. The number of aromatic hydroxyl groups is 1. The van der Waals surface area contributed by atoms with Crippen molar-refractivity contribution in [3.05, 3.63) is 65.0 Å². The third-order valence-corrected chi connectivity index (χ3v) is 4.38. The number of benzene rings is 2. The predicted molar refractivity (Wildman–Crippen MR) is 105 cm³/mol. The van der Waals surface area contributed by atoms with Gasteiger partial charge >= 0.3 is 13.1 Å². The lowest BCUT2D eigenvalue weighted by Crippen LogP contribution is -2.47. The molecular weight excluding hydrogens is 393 g/mol. The highest BCUT2D eigenvalue weighted by Crippen LogP contribution is 2.24. The summed E-state index contributed by atoms with van der Waals surface area (Å²) in [6.45, 7) is 1.63. The highest BCUT2D eigenvalue weighted by molar-refractivity contribution is 6.43. The van der Waals surface area contributed by atoms with Crippen molar-refractivity contribution in [2.24, 2.45) is 0 Å². The van der Waals surface area contributed by atoms with E-state index in [1.807, 2.05) is 0 Å². The summed E-state index contributed by atoms with van der Waals surface area (Å²) in [5.41, 5.74) is 0.564. The van der Waals surface area contributed by atoms with Gasteiger partial charge in [0.2, 0.25) is 11.7 Å². The summed E-state index contributed by atoms with van der Waals surface area (Å²) in [7, 11) is -1.95. The lowest BCUT2D eigenvalue weighted by Gasteiger charge is -2.19. The molecule has 1 aromatic heterocycles. The molecule has 3 aromatic rings. The van der Waals surface area contributed by atoms with Gasteiger partial charge in [0.1, 0.15) is 11.3 Å². The zero-order valence-corrected chi connectivity index (χ0v) is 15.8. The Labute approximate surface area is 170 Å². The average Bonchev–Trinajstić information content (AvgIpc) is 3.15. The number of carbonyl (C=O) groups is 2. The smallest absolute Gasteiger partial charge is 0.475 e. The van der Waals surface area contributed by atoms with Crippen LogP contribution in [0.3, 0.4) is 0 Å². The molecule has 0 aliphatic heterocycles. The first kappa shape index (κ1) is 21.0. The van der Waals surface area contributed by atoms with Gasteiger partial charge in [0.25, 0.3) is 5.91 Å². The van der Waals surface area contributed by atoms with Gasteiger partial charge in [-0.2, -0.15) is 4.98 Å². The fourth-order valence-electron chi connectivity index (χ4n) is 2.86. The van der Waals surface area contributed by atoms with Crippen molar-refractivity contribution in [3.63, 3.8) is 0 Å². The molecule has 0 saturated carbocycles. The maximum atomic E-state index is 12.6. The highest BCUT2D eigenvalue weighted by atomic mass is 16.5. The van der Waals surface area contributed by atoms with Gasteiger partial charge < -0.3 is 30.1 Å². The number of nitrogens with zero attached hydrogens (tertiary/aromatic N) is 2. The zero-order chi connectivity index (χ0) is 21.8. The number of rotatable bonds is 7. The Bertz CT molecular complexity index is 1080. The molecule has 0 saturated heterocycles. The Kier molecular flexibility index (Phi) is 6.14. The molecule has 0 aliphatic carbocycles. The first-order valence-corrected chi connectivity index (χ1v) is 8.88. The predicted octanol–water partition coefficient (Wildman–Crippen LogP) is 0.802. The molecule has 0 unspecified atom stereocenters. The van der Waals surface area contributed by atoms with Gasteiger partial charge in [0.05, 0.1) is 5.94 Å². The summed E-state index contributed by atoms with van der Waals surface area (Å²) in [6.07, 6.45) is -0.208. The Morgan fingerprint density at radius 2 is 1.93 bits per heavy atom. The number of aromatic carboxylic acids is 1. The molecule has 1 heterocycles. The van der Waals surface area contributed by atoms with Crippen LogP contribution >= 0.6 is 0 Å². The normalized spacial score (nSPS) is 11.7. The first-order valence-electron chi connectivity index (χ1n) is 8.88. The molecule has 3 rings (SSSR count). The van der Waals surface area contributed by atoms with Crippen LogP contribution in [0.5, 0.6) is 5.75 Å². The van der Waals surface area contributed by atoms with Crippen LogP contribution in [-0.4, -0.2) is 55.3 Å². The fraction of sp³-hybridized carbons (Fsp3) is 0.158.